The van der Waals surface area contributed by atoms with Crippen LogP contribution in [0.15, 0.2) is 267 Å². The molecule has 0 fully saturated rings. The Kier molecular flexibility index (Phi) is 10.8. The Labute approximate surface area is 429 Å². The van der Waals surface area contributed by atoms with Gasteiger partial charge in [-0.1, -0.05) is 146 Å². The number of hydrogen-bond acceptors (Lipinski definition) is 3. The molecule has 0 unspecified atom stereocenters. The molecule has 13 aromatic rings. The molecule has 0 spiro atoms. The fraction of sp³-hybridized carbons (Fsp3) is 0. The largest absolute Gasteiger partial charge is 0.310 e. The van der Waals surface area contributed by atoms with Gasteiger partial charge in [0.2, 0.25) is 0 Å². The number of nitrogens with zero attached hydrogens (tertiary/aromatic N) is 6. The van der Waals surface area contributed by atoms with Crippen LogP contribution in [0.25, 0.3) is 82.1 Å². The predicted octanol–water partition coefficient (Wildman–Crippen LogP) is 18.6. The summed E-state index contributed by atoms with van der Waals surface area (Å²) in [6, 6.07) is 96.0. The highest BCUT2D eigenvalue weighted by atomic mass is 15.2. The third-order valence-corrected chi connectivity index (χ3v) is 14.1. The lowest BCUT2D eigenvalue weighted by molar-refractivity contribution is 1.13. The lowest BCUT2D eigenvalue weighted by Gasteiger charge is -2.27. The molecule has 6 nitrogen and oxygen atoms in total. The Balaban J connectivity index is 0.979. The molecule has 2 heterocycles. The summed E-state index contributed by atoms with van der Waals surface area (Å²) in [6.45, 7) is 7.70. The first-order valence-electron chi connectivity index (χ1n) is 24.7. The minimum atomic E-state index is 0.598. The number of hydrogen-bond donors (Lipinski definition) is 0. The molecule has 0 saturated heterocycles. The number of rotatable bonds is 10. The average molecular weight is 945 g/mol. The van der Waals surface area contributed by atoms with Crippen molar-refractivity contribution in [1.29, 1.82) is 5.26 Å². The van der Waals surface area contributed by atoms with Crippen molar-refractivity contribution in [2.45, 2.75) is 0 Å². The van der Waals surface area contributed by atoms with E-state index in [-0.39, 0.29) is 0 Å². The van der Waals surface area contributed by atoms with E-state index in [4.69, 9.17) is 6.57 Å². The molecular formula is C68H44N6. The highest BCUT2D eigenvalue weighted by Gasteiger charge is 2.22. The number of nitriles is 1. The van der Waals surface area contributed by atoms with Gasteiger partial charge in [-0.2, -0.15) is 5.26 Å². The normalized spacial score (nSPS) is 11.2. The molecule has 0 atom stereocenters. The molecule has 74 heavy (non-hydrogen) atoms. The topological polar surface area (TPSA) is 44.5 Å². The van der Waals surface area contributed by atoms with E-state index in [9.17, 15) is 5.26 Å². The molecule has 0 bridgehead atoms. The van der Waals surface area contributed by atoms with E-state index >= 15 is 0 Å². The van der Waals surface area contributed by atoms with E-state index < -0.39 is 0 Å². The van der Waals surface area contributed by atoms with Gasteiger partial charge in [-0.25, -0.2) is 4.85 Å². The first-order valence-corrected chi connectivity index (χ1v) is 24.7. The maximum Gasteiger partial charge on any atom is 0.187 e. The average Bonchev–Trinajstić information content (AvgIpc) is 4.04. The van der Waals surface area contributed by atoms with Gasteiger partial charge >= 0.3 is 0 Å². The Morgan fingerprint density at radius 3 is 1.19 bits per heavy atom. The van der Waals surface area contributed by atoms with Gasteiger partial charge < -0.3 is 18.9 Å². The van der Waals surface area contributed by atoms with E-state index in [0.29, 0.717) is 11.3 Å². The SMILES string of the molecule is [C-]#[N+]c1ccc(-c2cc3cc4c(cc(-c5ccc(C#N)cc5)n4-c4ccc(N(c5ccccc5)c5cccc6ccccc56)cc4)cc3n2-c2ccc(N(c3ccccc3)c3cccc4ccccc34)cc2)cc1. The summed E-state index contributed by atoms with van der Waals surface area (Å²) in [6.07, 6.45) is 0. The minimum Gasteiger partial charge on any atom is -0.310 e. The third-order valence-electron chi connectivity index (χ3n) is 14.1. The summed E-state index contributed by atoms with van der Waals surface area (Å²) >= 11 is 0. The van der Waals surface area contributed by atoms with Crippen molar-refractivity contribution >= 4 is 83.2 Å². The number of para-hydroxylation sites is 2. The summed E-state index contributed by atoms with van der Waals surface area (Å²) in [7, 11) is 0. The maximum absolute atomic E-state index is 9.78. The van der Waals surface area contributed by atoms with Gasteiger partial charge in [-0.15, -0.1) is 0 Å². The Hall–Kier alpha value is -10.4. The van der Waals surface area contributed by atoms with Crippen molar-refractivity contribution in [3.63, 3.8) is 0 Å². The lowest BCUT2D eigenvalue weighted by Crippen LogP contribution is -2.10. The second-order valence-electron chi connectivity index (χ2n) is 18.4. The number of benzene rings is 11. The van der Waals surface area contributed by atoms with Crippen LogP contribution in [0.5, 0.6) is 0 Å². The van der Waals surface area contributed by atoms with Crippen LogP contribution in [0.1, 0.15) is 5.56 Å². The predicted molar refractivity (Wildman–Crippen MR) is 306 cm³/mol. The van der Waals surface area contributed by atoms with Gasteiger partial charge in [-0.3, -0.25) is 0 Å². The number of anilines is 6. The highest BCUT2D eigenvalue weighted by Crippen LogP contribution is 2.44. The summed E-state index contributed by atoms with van der Waals surface area (Å²) in [5, 5.41) is 16.6. The molecule has 0 amide bonds. The van der Waals surface area contributed by atoms with Crippen molar-refractivity contribution in [2.75, 3.05) is 9.80 Å². The molecule has 0 aliphatic carbocycles. The third kappa shape index (κ3) is 7.68. The van der Waals surface area contributed by atoms with Gasteiger partial charge in [-0.05, 0) is 143 Å². The van der Waals surface area contributed by atoms with E-state index in [1.165, 1.54) is 21.5 Å². The molecule has 0 N–H and O–H groups in total. The summed E-state index contributed by atoms with van der Waals surface area (Å²) in [5.41, 5.74) is 15.8. The van der Waals surface area contributed by atoms with Gasteiger partial charge in [0.05, 0.1) is 52.0 Å². The van der Waals surface area contributed by atoms with E-state index in [0.717, 1.165) is 89.8 Å². The highest BCUT2D eigenvalue weighted by molar-refractivity contribution is 6.04. The Bertz CT molecular complexity index is 4000. The second kappa shape index (κ2) is 18.4. The molecule has 346 valence electrons. The standard InChI is InChI=1S/C68H44N6/c1-70-54-32-30-51(31-33-54)66-43-53-45-67-52(44-68(53)74(66)60-40-36-58(37-41-60)72(56-20-6-3-7-21-56)64-25-13-17-49-15-9-11-23-62(49)64)42-65(50-28-26-47(46-69)27-29-50)73(67)59-38-34-57(35-39-59)71(55-18-4-2-5-19-55)63-24-12-16-48-14-8-10-22-61(48)63/h2-45H. The van der Waals surface area contributed by atoms with E-state index in [2.05, 4.69) is 248 Å². The molecule has 6 heteroatoms. The van der Waals surface area contributed by atoms with Crippen molar-refractivity contribution < 1.29 is 0 Å². The molecule has 0 aliphatic heterocycles. The van der Waals surface area contributed by atoms with Crippen LogP contribution in [-0.2, 0) is 0 Å². The van der Waals surface area contributed by atoms with Crippen LogP contribution in [-0.4, -0.2) is 9.13 Å². The van der Waals surface area contributed by atoms with Crippen molar-refractivity contribution in [2.24, 2.45) is 0 Å². The number of fused-ring (bicyclic) bond motifs is 4. The van der Waals surface area contributed by atoms with Crippen LogP contribution in [0.3, 0.4) is 0 Å². The zero-order valence-electron chi connectivity index (χ0n) is 40.1. The van der Waals surface area contributed by atoms with Crippen molar-refractivity contribution in [3.05, 3.63) is 284 Å². The van der Waals surface area contributed by atoms with Gasteiger partial charge in [0.1, 0.15) is 0 Å². The summed E-state index contributed by atoms with van der Waals surface area (Å²) < 4.78 is 4.68. The van der Waals surface area contributed by atoms with Crippen LogP contribution in [0.2, 0.25) is 0 Å². The van der Waals surface area contributed by atoms with Crippen molar-refractivity contribution in [3.8, 4) is 40.0 Å². The summed E-state index contributed by atoms with van der Waals surface area (Å²) in [5.74, 6) is 0. The van der Waals surface area contributed by atoms with E-state index in [1.54, 1.807) is 0 Å². The molecular weight excluding hydrogens is 901 g/mol. The van der Waals surface area contributed by atoms with Gasteiger partial charge in [0, 0.05) is 55.7 Å². The number of aromatic nitrogens is 2. The fourth-order valence-electron chi connectivity index (χ4n) is 10.6. The Morgan fingerprint density at radius 2 is 0.757 bits per heavy atom. The molecule has 2 aromatic heterocycles. The lowest BCUT2D eigenvalue weighted by atomic mass is 10.1. The first kappa shape index (κ1) is 43.6. The minimum absolute atomic E-state index is 0.598. The maximum atomic E-state index is 9.78. The molecule has 0 saturated carbocycles. The van der Waals surface area contributed by atoms with Gasteiger partial charge in [0.15, 0.2) is 5.69 Å². The molecule has 0 aliphatic rings. The van der Waals surface area contributed by atoms with Gasteiger partial charge in [0.25, 0.3) is 0 Å². The van der Waals surface area contributed by atoms with Crippen LogP contribution in [0, 0.1) is 17.9 Å². The van der Waals surface area contributed by atoms with Crippen LogP contribution >= 0.6 is 0 Å². The quantitative estimate of drug-likeness (QED) is 0.128. The molecule has 13 rings (SSSR count). The smallest absolute Gasteiger partial charge is 0.187 e. The molecule has 0 radical (unpaired) electrons. The zero-order valence-corrected chi connectivity index (χ0v) is 40.1. The first-order chi connectivity index (χ1) is 36.6. The Morgan fingerprint density at radius 1 is 0.365 bits per heavy atom. The van der Waals surface area contributed by atoms with Crippen molar-refractivity contribution in [1.82, 2.24) is 9.13 Å². The fourth-order valence-corrected chi connectivity index (χ4v) is 10.6. The van der Waals surface area contributed by atoms with Crippen LogP contribution in [0.4, 0.5) is 39.8 Å². The van der Waals surface area contributed by atoms with Crippen LogP contribution < -0.4 is 9.80 Å². The second-order valence-corrected chi connectivity index (χ2v) is 18.4. The molecule has 11 aromatic carbocycles. The zero-order chi connectivity index (χ0) is 49.5. The summed E-state index contributed by atoms with van der Waals surface area (Å²) in [4.78, 5) is 8.37. The monoisotopic (exact) mass is 944 g/mol. The van der Waals surface area contributed by atoms with E-state index in [1.807, 2.05) is 48.5 Å².